The van der Waals surface area contributed by atoms with Crippen molar-refractivity contribution in [2.24, 2.45) is 11.8 Å². The summed E-state index contributed by atoms with van der Waals surface area (Å²) in [6.45, 7) is 7.00. The fourth-order valence-electron chi connectivity index (χ4n) is 3.14. The van der Waals surface area contributed by atoms with Crippen LogP contribution in [0.3, 0.4) is 0 Å². The summed E-state index contributed by atoms with van der Waals surface area (Å²) in [6.07, 6.45) is 8.73. The molecule has 2 aliphatic rings. The van der Waals surface area contributed by atoms with Crippen molar-refractivity contribution in [3.8, 4) is 0 Å². The Kier molecular flexibility index (Phi) is 7.17. The fraction of sp³-hybridized carbons (Fsp3) is 0.882. The van der Waals surface area contributed by atoms with E-state index in [4.69, 9.17) is 9.47 Å². The summed E-state index contributed by atoms with van der Waals surface area (Å²) in [4.78, 5) is 0. The summed E-state index contributed by atoms with van der Waals surface area (Å²) in [7, 11) is 0. The highest BCUT2D eigenvalue weighted by molar-refractivity contribution is 4.93. The average Bonchev–Trinajstić information content (AvgIpc) is 2.47. The van der Waals surface area contributed by atoms with Gasteiger partial charge in [-0.25, -0.2) is 0 Å². The Labute approximate surface area is 128 Å². The highest BCUT2D eigenvalue weighted by atomic mass is 16.5. The zero-order valence-electron chi connectivity index (χ0n) is 13.5. The molecule has 122 valence electrons. The molecule has 1 fully saturated rings. The molecular weight excluding hydrogens is 266 g/mol. The molecule has 5 atom stereocenters. The number of aliphatic hydroxyl groups excluding tert-OH is 1. The topological polar surface area (TPSA) is 50.7 Å². The molecule has 2 rings (SSSR count). The van der Waals surface area contributed by atoms with E-state index in [1.54, 1.807) is 0 Å². The zero-order chi connectivity index (χ0) is 15.1. The molecule has 0 amide bonds. The van der Waals surface area contributed by atoms with E-state index in [0.717, 1.165) is 38.9 Å². The first-order valence-electron chi connectivity index (χ1n) is 8.41. The summed E-state index contributed by atoms with van der Waals surface area (Å²) in [5.74, 6) is 1.29. The Morgan fingerprint density at radius 2 is 2.14 bits per heavy atom. The summed E-state index contributed by atoms with van der Waals surface area (Å²) in [6, 6.07) is 0.465. The van der Waals surface area contributed by atoms with Crippen LogP contribution >= 0.6 is 0 Å². The Hall–Kier alpha value is -0.420. The summed E-state index contributed by atoms with van der Waals surface area (Å²) >= 11 is 0. The van der Waals surface area contributed by atoms with Crippen molar-refractivity contribution < 1.29 is 14.6 Å². The first kappa shape index (κ1) is 16.9. The molecule has 0 spiro atoms. The van der Waals surface area contributed by atoms with Crippen LogP contribution in [0, 0.1) is 11.8 Å². The predicted octanol–water partition coefficient (Wildman–Crippen LogP) is 2.12. The monoisotopic (exact) mass is 297 g/mol. The number of hydrogen-bond acceptors (Lipinski definition) is 4. The van der Waals surface area contributed by atoms with Gasteiger partial charge in [-0.3, -0.25) is 0 Å². The molecule has 0 aromatic rings. The van der Waals surface area contributed by atoms with E-state index in [2.05, 4.69) is 31.3 Å². The molecule has 0 aromatic carbocycles. The maximum Gasteiger partial charge on any atom is 0.0897 e. The minimum Gasteiger partial charge on any atom is -0.389 e. The molecule has 4 nitrogen and oxygen atoms in total. The van der Waals surface area contributed by atoms with Gasteiger partial charge in [0.15, 0.2) is 0 Å². The molecule has 1 aliphatic heterocycles. The van der Waals surface area contributed by atoms with E-state index in [-0.39, 0.29) is 0 Å². The largest absolute Gasteiger partial charge is 0.389 e. The van der Waals surface area contributed by atoms with Gasteiger partial charge in [0, 0.05) is 19.2 Å². The van der Waals surface area contributed by atoms with Gasteiger partial charge < -0.3 is 19.9 Å². The molecule has 1 heterocycles. The Morgan fingerprint density at radius 3 is 2.90 bits per heavy atom. The number of ether oxygens (including phenoxy) is 2. The first-order chi connectivity index (χ1) is 10.1. The molecule has 5 unspecified atom stereocenters. The lowest BCUT2D eigenvalue weighted by Gasteiger charge is -2.29. The second kappa shape index (κ2) is 8.89. The molecule has 21 heavy (non-hydrogen) atoms. The Morgan fingerprint density at radius 1 is 1.33 bits per heavy atom. The normalized spacial score (nSPS) is 34.8. The standard InChI is InChI=1S/C17H31NO3/c1-13-5-3-4-6-15(13)11-20-12-17(19)10-18-16-7-8-21-14(2)9-16/h3-4,13-19H,5-12H2,1-2H3. The zero-order valence-corrected chi connectivity index (χ0v) is 13.5. The van der Waals surface area contributed by atoms with Crippen LogP contribution in [0.15, 0.2) is 12.2 Å². The molecule has 4 heteroatoms. The van der Waals surface area contributed by atoms with E-state index >= 15 is 0 Å². The third kappa shape index (κ3) is 6.07. The van der Waals surface area contributed by atoms with E-state index in [9.17, 15) is 5.11 Å². The number of aliphatic hydroxyl groups is 1. The Bertz CT molecular complexity index is 321. The lowest BCUT2D eigenvalue weighted by molar-refractivity contribution is -0.00197. The molecule has 0 aromatic heterocycles. The summed E-state index contributed by atoms with van der Waals surface area (Å²) < 4.78 is 11.2. The van der Waals surface area contributed by atoms with Gasteiger partial charge in [-0.2, -0.15) is 0 Å². The molecule has 0 radical (unpaired) electrons. The van der Waals surface area contributed by atoms with Gasteiger partial charge in [-0.05, 0) is 44.4 Å². The molecular formula is C17H31NO3. The van der Waals surface area contributed by atoms with Crippen molar-refractivity contribution >= 4 is 0 Å². The van der Waals surface area contributed by atoms with Crippen LogP contribution < -0.4 is 5.32 Å². The van der Waals surface area contributed by atoms with Gasteiger partial charge in [0.05, 0.1) is 25.4 Å². The van der Waals surface area contributed by atoms with Crippen LogP contribution in [0.25, 0.3) is 0 Å². The van der Waals surface area contributed by atoms with E-state index < -0.39 is 6.10 Å². The van der Waals surface area contributed by atoms with Crippen molar-refractivity contribution in [2.45, 2.75) is 57.8 Å². The minimum atomic E-state index is -0.419. The highest BCUT2D eigenvalue weighted by Gasteiger charge is 2.21. The van der Waals surface area contributed by atoms with Crippen molar-refractivity contribution in [1.82, 2.24) is 5.32 Å². The van der Waals surface area contributed by atoms with Crippen molar-refractivity contribution in [3.63, 3.8) is 0 Å². The van der Waals surface area contributed by atoms with Crippen molar-refractivity contribution in [3.05, 3.63) is 12.2 Å². The second-order valence-electron chi connectivity index (χ2n) is 6.68. The van der Waals surface area contributed by atoms with Crippen LogP contribution in [0.2, 0.25) is 0 Å². The van der Waals surface area contributed by atoms with E-state index in [0.29, 0.717) is 37.1 Å². The third-order valence-corrected chi connectivity index (χ3v) is 4.69. The highest BCUT2D eigenvalue weighted by Crippen LogP contribution is 2.25. The molecule has 2 N–H and O–H groups in total. The van der Waals surface area contributed by atoms with Crippen molar-refractivity contribution in [2.75, 3.05) is 26.4 Å². The van der Waals surface area contributed by atoms with E-state index in [1.165, 1.54) is 0 Å². The lowest BCUT2D eigenvalue weighted by Crippen LogP contribution is -2.42. The first-order valence-corrected chi connectivity index (χ1v) is 8.41. The van der Waals surface area contributed by atoms with Gasteiger partial charge >= 0.3 is 0 Å². The number of rotatable bonds is 7. The van der Waals surface area contributed by atoms with Crippen LogP contribution in [0.4, 0.5) is 0 Å². The van der Waals surface area contributed by atoms with Crippen LogP contribution in [-0.4, -0.2) is 49.7 Å². The number of nitrogens with one attached hydrogen (secondary N) is 1. The second-order valence-corrected chi connectivity index (χ2v) is 6.68. The van der Waals surface area contributed by atoms with Gasteiger partial charge in [-0.1, -0.05) is 19.1 Å². The van der Waals surface area contributed by atoms with Crippen molar-refractivity contribution in [1.29, 1.82) is 0 Å². The molecule has 1 saturated heterocycles. The maximum atomic E-state index is 10.0. The SMILES string of the molecule is CC1CC(NCC(O)COCC2CC=CCC2C)CCO1. The smallest absolute Gasteiger partial charge is 0.0897 e. The third-order valence-electron chi connectivity index (χ3n) is 4.69. The van der Waals surface area contributed by atoms with Gasteiger partial charge in [0.1, 0.15) is 0 Å². The van der Waals surface area contributed by atoms with Crippen LogP contribution in [-0.2, 0) is 9.47 Å². The van der Waals surface area contributed by atoms with Gasteiger partial charge in [0.25, 0.3) is 0 Å². The summed E-state index contributed by atoms with van der Waals surface area (Å²) in [5, 5.41) is 13.4. The van der Waals surface area contributed by atoms with E-state index in [1.807, 2.05) is 0 Å². The van der Waals surface area contributed by atoms with Gasteiger partial charge in [-0.15, -0.1) is 0 Å². The number of allylic oxidation sites excluding steroid dienone is 2. The average molecular weight is 297 g/mol. The minimum absolute atomic E-state index is 0.325. The predicted molar refractivity (Wildman–Crippen MR) is 84.3 cm³/mol. The molecule has 1 aliphatic carbocycles. The van der Waals surface area contributed by atoms with Crippen LogP contribution in [0.1, 0.15) is 39.5 Å². The quantitative estimate of drug-likeness (QED) is 0.707. The molecule has 0 bridgehead atoms. The van der Waals surface area contributed by atoms with Gasteiger partial charge in [0.2, 0.25) is 0 Å². The number of hydrogen-bond donors (Lipinski definition) is 2. The molecule has 0 saturated carbocycles. The lowest BCUT2D eigenvalue weighted by atomic mass is 9.85. The summed E-state index contributed by atoms with van der Waals surface area (Å²) in [5.41, 5.74) is 0. The maximum absolute atomic E-state index is 10.0. The Balaban J connectivity index is 1.55. The fourth-order valence-corrected chi connectivity index (χ4v) is 3.14. The van der Waals surface area contributed by atoms with Crippen LogP contribution in [0.5, 0.6) is 0 Å².